The number of ether oxygens (including phenoxy) is 1. The van der Waals surface area contributed by atoms with Crippen molar-refractivity contribution in [1.82, 2.24) is 0 Å². The van der Waals surface area contributed by atoms with Crippen molar-refractivity contribution in [1.29, 1.82) is 0 Å². The second-order valence-electron chi connectivity index (χ2n) is 2.92. The molecule has 0 saturated carbocycles. The van der Waals surface area contributed by atoms with E-state index in [2.05, 4.69) is 0 Å². The van der Waals surface area contributed by atoms with Gasteiger partial charge in [0.1, 0.15) is 4.86 Å². The van der Waals surface area contributed by atoms with E-state index >= 15 is 0 Å². The van der Waals surface area contributed by atoms with Crippen LogP contribution in [0.25, 0.3) is 0 Å². The van der Waals surface area contributed by atoms with Crippen molar-refractivity contribution in [3.63, 3.8) is 0 Å². The van der Waals surface area contributed by atoms with Crippen molar-refractivity contribution < 1.29 is 9.53 Å². The van der Waals surface area contributed by atoms with E-state index in [0.29, 0.717) is 6.61 Å². The molecule has 0 aromatic heterocycles. The van der Waals surface area contributed by atoms with Crippen molar-refractivity contribution in [3.05, 3.63) is 35.4 Å². The summed E-state index contributed by atoms with van der Waals surface area (Å²) in [5, 5.41) is 0. The minimum Gasteiger partial charge on any atom is -0.462 e. The number of carbonyl (C=O) groups is 1. The van der Waals surface area contributed by atoms with Crippen molar-refractivity contribution in [2.45, 2.75) is 13.8 Å². The molecule has 0 atom stereocenters. The van der Waals surface area contributed by atoms with Crippen molar-refractivity contribution in [2.24, 2.45) is 0 Å². The molecule has 0 aliphatic heterocycles. The number of esters is 1. The minimum absolute atomic E-state index is 0.242. The summed E-state index contributed by atoms with van der Waals surface area (Å²) in [6, 6.07) is 7.49. The van der Waals surface area contributed by atoms with Gasteiger partial charge in [0.25, 0.3) is 0 Å². The third-order valence-corrected chi connectivity index (χ3v) is 2.18. The lowest BCUT2D eigenvalue weighted by Gasteiger charge is -2.03. The Morgan fingerprint density at radius 1 is 1.36 bits per heavy atom. The molecule has 0 aliphatic carbocycles. The summed E-state index contributed by atoms with van der Waals surface area (Å²) >= 11 is 4.98. The highest BCUT2D eigenvalue weighted by atomic mass is 32.1. The van der Waals surface area contributed by atoms with E-state index in [1.165, 1.54) is 0 Å². The SMILES string of the molecule is CCOC(=O)C(=S)c1ccc(C)cc1. The summed E-state index contributed by atoms with van der Waals surface area (Å²) in [5.41, 5.74) is 1.88. The Kier molecular flexibility index (Phi) is 3.77. The zero-order valence-corrected chi connectivity index (χ0v) is 9.06. The molecule has 0 saturated heterocycles. The molecule has 1 rings (SSSR count). The Labute approximate surface area is 88.9 Å². The number of benzene rings is 1. The molecule has 0 N–H and O–H groups in total. The van der Waals surface area contributed by atoms with E-state index < -0.39 is 5.97 Å². The van der Waals surface area contributed by atoms with Crippen molar-refractivity contribution in [3.8, 4) is 0 Å². The summed E-state index contributed by atoms with van der Waals surface area (Å²) in [4.78, 5) is 11.5. The second-order valence-corrected chi connectivity index (χ2v) is 3.32. The van der Waals surface area contributed by atoms with E-state index in [4.69, 9.17) is 17.0 Å². The number of hydrogen-bond acceptors (Lipinski definition) is 3. The molecule has 0 bridgehead atoms. The van der Waals surface area contributed by atoms with E-state index in [9.17, 15) is 4.79 Å². The van der Waals surface area contributed by atoms with E-state index in [1.807, 2.05) is 31.2 Å². The Bertz CT molecular complexity index is 341. The van der Waals surface area contributed by atoms with Crippen LogP contribution in [0.3, 0.4) is 0 Å². The number of rotatable bonds is 3. The standard InChI is InChI=1S/C11H12O2S/c1-3-13-11(12)10(14)9-6-4-8(2)5-7-9/h4-7H,3H2,1-2H3. The van der Waals surface area contributed by atoms with E-state index in [1.54, 1.807) is 6.92 Å². The van der Waals surface area contributed by atoms with Crippen LogP contribution in [-0.4, -0.2) is 17.4 Å². The third-order valence-electron chi connectivity index (χ3n) is 1.77. The molecular weight excluding hydrogens is 196 g/mol. The normalized spacial score (nSPS) is 9.57. The fourth-order valence-electron chi connectivity index (χ4n) is 1.02. The molecule has 14 heavy (non-hydrogen) atoms. The highest BCUT2D eigenvalue weighted by molar-refractivity contribution is 7.82. The minimum atomic E-state index is -0.425. The molecule has 1 aromatic rings. The smallest absolute Gasteiger partial charge is 0.349 e. The lowest BCUT2D eigenvalue weighted by Crippen LogP contribution is -2.16. The largest absolute Gasteiger partial charge is 0.462 e. The van der Waals surface area contributed by atoms with Gasteiger partial charge in [0.05, 0.1) is 6.61 Å². The van der Waals surface area contributed by atoms with Gasteiger partial charge in [0.2, 0.25) is 0 Å². The molecule has 0 unspecified atom stereocenters. The first-order valence-electron chi connectivity index (χ1n) is 4.43. The quantitative estimate of drug-likeness (QED) is 0.433. The summed E-state index contributed by atoms with van der Waals surface area (Å²) in [6.07, 6.45) is 0. The molecule has 0 spiro atoms. The summed E-state index contributed by atoms with van der Waals surface area (Å²) in [6.45, 7) is 4.09. The van der Waals surface area contributed by atoms with E-state index in [0.717, 1.165) is 11.1 Å². The number of thiocarbonyl (C=S) groups is 1. The first-order chi connectivity index (χ1) is 6.65. The zero-order chi connectivity index (χ0) is 10.6. The maximum atomic E-state index is 11.3. The van der Waals surface area contributed by atoms with Gasteiger partial charge in [-0.15, -0.1) is 0 Å². The first-order valence-corrected chi connectivity index (χ1v) is 4.84. The zero-order valence-electron chi connectivity index (χ0n) is 8.24. The predicted molar refractivity (Wildman–Crippen MR) is 59.5 cm³/mol. The van der Waals surface area contributed by atoms with Crippen LogP contribution in [0.1, 0.15) is 18.1 Å². The molecule has 0 aliphatic rings. The van der Waals surface area contributed by atoms with Crippen LogP contribution in [0.2, 0.25) is 0 Å². The highest BCUT2D eigenvalue weighted by Gasteiger charge is 2.11. The van der Waals surface area contributed by atoms with Gasteiger partial charge in [-0.05, 0) is 19.4 Å². The second kappa shape index (κ2) is 4.86. The van der Waals surface area contributed by atoms with Crippen molar-refractivity contribution in [2.75, 3.05) is 6.61 Å². The first kappa shape index (κ1) is 10.9. The van der Waals surface area contributed by atoms with Gasteiger partial charge in [-0.1, -0.05) is 42.0 Å². The fourth-order valence-corrected chi connectivity index (χ4v) is 1.21. The molecule has 1 aromatic carbocycles. The lowest BCUT2D eigenvalue weighted by atomic mass is 10.1. The third kappa shape index (κ3) is 2.64. The average Bonchev–Trinajstić information content (AvgIpc) is 2.18. The number of aryl methyl sites for hydroxylation is 1. The molecule has 0 radical (unpaired) electrons. The molecular formula is C11H12O2S. The molecule has 0 fully saturated rings. The monoisotopic (exact) mass is 208 g/mol. The van der Waals surface area contributed by atoms with Gasteiger partial charge < -0.3 is 4.74 Å². The summed E-state index contributed by atoms with van der Waals surface area (Å²) < 4.78 is 4.81. The van der Waals surface area contributed by atoms with Crippen LogP contribution in [0.15, 0.2) is 24.3 Å². The maximum absolute atomic E-state index is 11.3. The molecule has 0 amide bonds. The Morgan fingerprint density at radius 2 is 1.93 bits per heavy atom. The molecule has 2 nitrogen and oxygen atoms in total. The van der Waals surface area contributed by atoms with Gasteiger partial charge in [0, 0.05) is 0 Å². The van der Waals surface area contributed by atoms with Gasteiger partial charge in [-0.3, -0.25) is 0 Å². The Balaban J connectivity index is 2.79. The van der Waals surface area contributed by atoms with Crippen molar-refractivity contribution >= 4 is 23.1 Å². The Morgan fingerprint density at radius 3 is 2.43 bits per heavy atom. The molecule has 74 valence electrons. The highest BCUT2D eigenvalue weighted by Crippen LogP contribution is 2.06. The average molecular weight is 208 g/mol. The summed E-state index contributed by atoms with van der Waals surface area (Å²) in [7, 11) is 0. The predicted octanol–water partition coefficient (Wildman–Crippen LogP) is 2.28. The van der Waals surface area contributed by atoms with E-state index in [-0.39, 0.29) is 4.86 Å². The van der Waals surface area contributed by atoms with Gasteiger partial charge in [0.15, 0.2) is 0 Å². The Hall–Kier alpha value is -1.22. The van der Waals surface area contributed by atoms with Gasteiger partial charge in [-0.25, -0.2) is 4.79 Å². The lowest BCUT2D eigenvalue weighted by molar-refractivity contribution is -0.134. The van der Waals surface area contributed by atoms with Crippen LogP contribution in [0.5, 0.6) is 0 Å². The van der Waals surface area contributed by atoms with Crippen LogP contribution in [0.4, 0.5) is 0 Å². The molecule has 0 heterocycles. The fraction of sp³-hybridized carbons (Fsp3) is 0.273. The van der Waals surface area contributed by atoms with Crippen LogP contribution < -0.4 is 0 Å². The van der Waals surface area contributed by atoms with Gasteiger partial charge >= 0.3 is 5.97 Å². The maximum Gasteiger partial charge on any atom is 0.349 e. The molecule has 3 heteroatoms. The van der Waals surface area contributed by atoms with Crippen LogP contribution in [0, 0.1) is 6.92 Å². The summed E-state index contributed by atoms with van der Waals surface area (Å²) in [5.74, 6) is -0.425. The van der Waals surface area contributed by atoms with Crippen LogP contribution in [-0.2, 0) is 9.53 Å². The van der Waals surface area contributed by atoms with Crippen LogP contribution >= 0.6 is 12.2 Å². The number of carbonyl (C=O) groups excluding carboxylic acids is 1. The number of hydrogen-bond donors (Lipinski definition) is 0. The van der Waals surface area contributed by atoms with Gasteiger partial charge in [-0.2, -0.15) is 0 Å². The topological polar surface area (TPSA) is 26.3 Å².